The van der Waals surface area contributed by atoms with Crippen LogP contribution in [0.2, 0.25) is 0 Å². The lowest BCUT2D eigenvalue weighted by molar-refractivity contribution is 0.110. The van der Waals surface area contributed by atoms with Crippen molar-refractivity contribution in [3.05, 3.63) is 34.1 Å². The van der Waals surface area contributed by atoms with Gasteiger partial charge in [-0.15, -0.1) is 0 Å². The highest BCUT2D eigenvalue weighted by Crippen LogP contribution is 2.19. The van der Waals surface area contributed by atoms with Crippen LogP contribution in [0, 0.1) is 5.82 Å². The van der Waals surface area contributed by atoms with Gasteiger partial charge in [-0.1, -0.05) is 19.9 Å². The first-order valence-corrected chi connectivity index (χ1v) is 7.58. The topological polar surface area (TPSA) is 12.5 Å². The van der Waals surface area contributed by atoms with E-state index in [0.29, 0.717) is 10.5 Å². The van der Waals surface area contributed by atoms with Gasteiger partial charge in [0.2, 0.25) is 0 Å². The molecule has 0 saturated heterocycles. The summed E-state index contributed by atoms with van der Waals surface area (Å²) in [6.07, 6.45) is 2.23. The predicted molar refractivity (Wildman–Crippen MR) is 80.8 cm³/mol. The Morgan fingerprint density at radius 1 is 1.32 bits per heavy atom. The summed E-state index contributed by atoms with van der Waals surface area (Å²) in [5.74, 6) is -0.213. The minimum Gasteiger partial charge on any atom is -0.383 e. The van der Waals surface area contributed by atoms with Crippen LogP contribution in [-0.4, -0.2) is 31.2 Å². The molecule has 0 atom stereocenters. The van der Waals surface area contributed by atoms with E-state index in [1.807, 2.05) is 12.1 Å². The van der Waals surface area contributed by atoms with E-state index in [1.165, 1.54) is 6.07 Å². The summed E-state index contributed by atoms with van der Waals surface area (Å²) in [7, 11) is 1.72. The Morgan fingerprint density at radius 2 is 2.00 bits per heavy atom. The zero-order chi connectivity index (χ0) is 14.3. The Hall–Kier alpha value is -0.450. The predicted octanol–water partition coefficient (Wildman–Crippen LogP) is 4.23. The lowest BCUT2D eigenvalue weighted by Gasteiger charge is -2.30. The number of methoxy groups -OCH3 is 1. The van der Waals surface area contributed by atoms with E-state index >= 15 is 0 Å². The standard InChI is InChI=1S/C15H23BrFNO/c1-4-13(5-2)18(8-9-19-3)11-12-6-7-15(17)14(16)10-12/h6-7,10,13H,4-5,8-9,11H2,1-3H3. The Bertz CT molecular complexity index is 382. The second kappa shape index (κ2) is 8.67. The van der Waals surface area contributed by atoms with Crippen LogP contribution in [-0.2, 0) is 11.3 Å². The van der Waals surface area contributed by atoms with Gasteiger partial charge in [-0.2, -0.15) is 0 Å². The van der Waals surface area contributed by atoms with Crippen molar-refractivity contribution in [3.63, 3.8) is 0 Å². The molecule has 0 aromatic heterocycles. The zero-order valence-electron chi connectivity index (χ0n) is 12.0. The summed E-state index contributed by atoms with van der Waals surface area (Å²) in [5.41, 5.74) is 1.12. The summed E-state index contributed by atoms with van der Waals surface area (Å²) in [5, 5.41) is 0. The van der Waals surface area contributed by atoms with Gasteiger partial charge in [0.1, 0.15) is 5.82 Å². The highest BCUT2D eigenvalue weighted by molar-refractivity contribution is 9.10. The Morgan fingerprint density at radius 3 is 2.53 bits per heavy atom. The molecule has 1 aromatic carbocycles. The van der Waals surface area contributed by atoms with Crippen LogP contribution < -0.4 is 0 Å². The minimum atomic E-state index is -0.213. The average Bonchev–Trinajstić information content (AvgIpc) is 2.41. The molecule has 0 bridgehead atoms. The second-order valence-corrected chi connectivity index (χ2v) is 5.54. The number of nitrogens with zero attached hydrogens (tertiary/aromatic N) is 1. The van der Waals surface area contributed by atoms with E-state index < -0.39 is 0 Å². The molecule has 0 radical (unpaired) electrons. The smallest absolute Gasteiger partial charge is 0.137 e. The van der Waals surface area contributed by atoms with Gasteiger partial charge in [0.25, 0.3) is 0 Å². The van der Waals surface area contributed by atoms with Crippen LogP contribution in [0.25, 0.3) is 0 Å². The maximum atomic E-state index is 13.2. The summed E-state index contributed by atoms with van der Waals surface area (Å²) in [6, 6.07) is 5.76. The Kier molecular flexibility index (Phi) is 7.57. The fourth-order valence-corrected chi connectivity index (χ4v) is 2.70. The molecule has 0 aliphatic carbocycles. The van der Waals surface area contributed by atoms with Crippen molar-refractivity contribution in [3.8, 4) is 0 Å². The van der Waals surface area contributed by atoms with Crippen molar-refractivity contribution in [1.29, 1.82) is 0 Å². The Balaban J connectivity index is 2.77. The molecule has 1 rings (SSSR count). The summed E-state index contributed by atoms with van der Waals surface area (Å²) in [6.45, 7) is 6.86. The van der Waals surface area contributed by atoms with Crippen LogP contribution in [0.3, 0.4) is 0 Å². The third-order valence-corrected chi connectivity index (χ3v) is 4.02. The van der Waals surface area contributed by atoms with Gasteiger partial charge >= 0.3 is 0 Å². The summed E-state index contributed by atoms with van der Waals surface area (Å²) in [4.78, 5) is 2.41. The van der Waals surface area contributed by atoms with Crippen LogP contribution >= 0.6 is 15.9 Å². The van der Waals surface area contributed by atoms with Crippen LogP contribution in [0.1, 0.15) is 32.3 Å². The maximum Gasteiger partial charge on any atom is 0.137 e. The van der Waals surface area contributed by atoms with Gasteiger partial charge in [0.15, 0.2) is 0 Å². The molecule has 19 heavy (non-hydrogen) atoms. The van der Waals surface area contributed by atoms with E-state index in [-0.39, 0.29) is 5.82 Å². The lowest BCUT2D eigenvalue weighted by Crippen LogP contribution is -2.36. The number of halogens is 2. The third-order valence-electron chi connectivity index (χ3n) is 3.41. The van der Waals surface area contributed by atoms with E-state index in [1.54, 1.807) is 7.11 Å². The number of ether oxygens (including phenoxy) is 1. The first kappa shape index (κ1) is 16.6. The van der Waals surface area contributed by atoms with Gasteiger partial charge in [-0.3, -0.25) is 4.90 Å². The largest absolute Gasteiger partial charge is 0.383 e. The molecule has 0 aliphatic heterocycles. The van der Waals surface area contributed by atoms with Crippen LogP contribution in [0.4, 0.5) is 4.39 Å². The molecule has 0 heterocycles. The fourth-order valence-electron chi connectivity index (χ4n) is 2.28. The zero-order valence-corrected chi connectivity index (χ0v) is 13.5. The fraction of sp³-hybridized carbons (Fsp3) is 0.600. The molecule has 0 fully saturated rings. The molecular weight excluding hydrogens is 309 g/mol. The Labute approximate surface area is 124 Å². The van der Waals surface area contributed by atoms with E-state index in [0.717, 1.165) is 38.1 Å². The van der Waals surface area contributed by atoms with Crippen molar-refractivity contribution >= 4 is 15.9 Å². The molecular formula is C15H23BrFNO. The molecule has 0 N–H and O–H groups in total. The van der Waals surface area contributed by atoms with Crippen LogP contribution in [0.15, 0.2) is 22.7 Å². The number of rotatable bonds is 8. The van der Waals surface area contributed by atoms with E-state index in [4.69, 9.17) is 4.74 Å². The highest BCUT2D eigenvalue weighted by atomic mass is 79.9. The molecule has 108 valence electrons. The molecule has 0 aliphatic rings. The van der Waals surface area contributed by atoms with Crippen molar-refractivity contribution in [2.24, 2.45) is 0 Å². The van der Waals surface area contributed by atoms with Crippen molar-refractivity contribution in [2.75, 3.05) is 20.3 Å². The number of benzene rings is 1. The van der Waals surface area contributed by atoms with Crippen molar-refractivity contribution in [2.45, 2.75) is 39.3 Å². The second-order valence-electron chi connectivity index (χ2n) is 4.68. The van der Waals surface area contributed by atoms with Gasteiger partial charge in [-0.25, -0.2) is 4.39 Å². The normalized spacial score (nSPS) is 11.5. The summed E-state index contributed by atoms with van der Waals surface area (Å²) < 4.78 is 19.0. The molecule has 0 spiro atoms. The van der Waals surface area contributed by atoms with Crippen LogP contribution in [0.5, 0.6) is 0 Å². The highest BCUT2D eigenvalue weighted by Gasteiger charge is 2.15. The van der Waals surface area contributed by atoms with Gasteiger partial charge in [0.05, 0.1) is 11.1 Å². The van der Waals surface area contributed by atoms with Crippen molar-refractivity contribution < 1.29 is 9.13 Å². The molecule has 0 saturated carbocycles. The molecule has 1 aromatic rings. The van der Waals surface area contributed by atoms with Gasteiger partial charge in [0, 0.05) is 26.2 Å². The molecule has 4 heteroatoms. The molecule has 0 amide bonds. The molecule has 2 nitrogen and oxygen atoms in total. The van der Waals surface area contributed by atoms with E-state index in [9.17, 15) is 4.39 Å². The first-order valence-electron chi connectivity index (χ1n) is 6.79. The lowest BCUT2D eigenvalue weighted by atomic mass is 10.1. The van der Waals surface area contributed by atoms with Crippen molar-refractivity contribution in [1.82, 2.24) is 4.90 Å². The average molecular weight is 332 g/mol. The SMILES string of the molecule is CCC(CC)N(CCOC)Cc1ccc(F)c(Br)c1. The monoisotopic (exact) mass is 331 g/mol. The summed E-state index contributed by atoms with van der Waals surface area (Å²) >= 11 is 3.24. The molecule has 0 unspecified atom stereocenters. The van der Waals surface area contributed by atoms with E-state index in [2.05, 4.69) is 34.7 Å². The quantitative estimate of drug-likeness (QED) is 0.706. The number of hydrogen-bond acceptors (Lipinski definition) is 2. The maximum absolute atomic E-state index is 13.2. The van der Waals surface area contributed by atoms with Gasteiger partial charge in [-0.05, 0) is 46.5 Å². The minimum absolute atomic E-state index is 0.213. The van der Waals surface area contributed by atoms with Gasteiger partial charge < -0.3 is 4.74 Å². The third kappa shape index (κ3) is 5.21. The number of hydrogen-bond donors (Lipinski definition) is 0. The first-order chi connectivity index (χ1) is 9.12.